The largest absolute Gasteiger partial charge is 0.350 e. The number of carbonyl (C=O) groups is 1. The van der Waals surface area contributed by atoms with E-state index in [4.69, 9.17) is 0 Å². The Hall–Kier alpha value is -0.900. The second kappa shape index (κ2) is 6.15. The smallest absolute Gasteiger partial charge is 0.270 e. The van der Waals surface area contributed by atoms with Crippen molar-refractivity contribution in [1.82, 2.24) is 10.3 Å². The molecule has 0 spiro atoms. The molecule has 4 heteroatoms. The Bertz CT molecular complexity index is 342. The molecule has 1 aromatic heterocycles. The molecule has 94 valence electrons. The first-order chi connectivity index (χ1) is 8.29. The van der Waals surface area contributed by atoms with Gasteiger partial charge < -0.3 is 5.32 Å². The molecule has 0 bridgehead atoms. The van der Waals surface area contributed by atoms with Gasteiger partial charge in [-0.1, -0.05) is 26.2 Å². The Labute approximate surface area is 107 Å². The van der Waals surface area contributed by atoms with Crippen LogP contribution in [0.15, 0.2) is 10.9 Å². The molecule has 0 saturated heterocycles. The number of aromatic nitrogens is 1. The van der Waals surface area contributed by atoms with Gasteiger partial charge in [0.1, 0.15) is 5.69 Å². The third-order valence-corrected chi connectivity index (χ3v) is 4.35. The van der Waals surface area contributed by atoms with Crippen LogP contribution in [0.1, 0.15) is 49.5 Å². The summed E-state index contributed by atoms with van der Waals surface area (Å²) in [6.07, 6.45) is 6.48. The summed E-state index contributed by atoms with van der Waals surface area (Å²) in [5.41, 5.74) is 2.25. The van der Waals surface area contributed by atoms with E-state index in [1.807, 2.05) is 0 Å². The number of thiazole rings is 1. The summed E-state index contributed by atoms with van der Waals surface area (Å²) in [5.74, 6) is 1.56. The SMILES string of the molecule is CCC1CCC(CNC(=O)c2cscn2)CC1. The molecule has 0 radical (unpaired) electrons. The predicted molar refractivity (Wildman–Crippen MR) is 70.2 cm³/mol. The van der Waals surface area contributed by atoms with E-state index in [9.17, 15) is 4.79 Å². The van der Waals surface area contributed by atoms with Crippen molar-refractivity contribution in [2.24, 2.45) is 11.8 Å². The molecule has 1 fully saturated rings. The zero-order valence-corrected chi connectivity index (χ0v) is 11.1. The van der Waals surface area contributed by atoms with Crippen molar-refractivity contribution in [2.75, 3.05) is 6.54 Å². The van der Waals surface area contributed by atoms with E-state index < -0.39 is 0 Å². The third-order valence-electron chi connectivity index (χ3n) is 3.76. The topological polar surface area (TPSA) is 42.0 Å². The lowest BCUT2D eigenvalue weighted by atomic mass is 9.81. The van der Waals surface area contributed by atoms with Gasteiger partial charge in [-0.25, -0.2) is 4.98 Å². The van der Waals surface area contributed by atoms with E-state index in [0.29, 0.717) is 11.6 Å². The maximum Gasteiger partial charge on any atom is 0.270 e. The maximum absolute atomic E-state index is 11.7. The molecule has 3 nitrogen and oxygen atoms in total. The summed E-state index contributed by atoms with van der Waals surface area (Å²) in [6.45, 7) is 3.09. The van der Waals surface area contributed by atoms with E-state index in [0.717, 1.165) is 12.5 Å². The molecule has 1 amide bonds. The number of rotatable bonds is 4. The monoisotopic (exact) mass is 252 g/mol. The molecule has 1 aromatic rings. The van der Waals surface area contributed by atoms with Crippen LogP contribution in [0, 0.1) is 11.8 Å². The molecule has 2 rings (SSSR count). The zero-order chi connectivity index (χ0) is 12.1. The lowest BCUT2D eigenvalue weighted by molar-refractivity contribution is 0.0937. The van der Waals surface area contributed by atoms with Gasteiger partial charge >= 0.3 is 0 Å². The van der Waals surface area contributed by atoms with Crippen LogP contribution < -0.4 is 5.32 Å². The van der Waals surface area contributed by atoms with Crippen LogP contribution in [0.3, 0.4) is 0 Å². The summed E-state index contributed by atoms with van der Waals surface area (Å²) >= 11 is 1.46. The standard InChI is InChI=1S/C13H20N2OS/c1-2-10-3-5-11(6-4-10)7-14-13(16)12-8-17-9-15-12/h8-11H,2-7H2,1H3,(H,14,16). The molecule has 0 aromatic carbocycles. The quantitative estimate of drug-likeness (QED) is 0.894. The number of amides is 1. The molecule has 1 aliphatic rings. The van der Waals surface area contributed by atoms with E-state index >= 15 is 0 Å². The first-order valence-corrected chi connectivity index (χ1v) is 7.40. The first kappa shape index (κ1) is 12.6. The number of hydrogen-bond donors (Lipinski definition) is 1. The summed E-state index contributed by atoms with van der Waals surface area (Å²) in [5, 5.41) is 4.79. The summed E-state index contributed by atoms with van der Waals surface area (Å²) in [7, 11) is 0. The minimum Gasteiger partial charge on any atom is -0.350 e. The number of nitrogens with one attached hydrogen (secondary N) is 1. The normalized spacial score (nSPS) is 24.5. The Kier molecular flexibility index (Phi) is 4.54. The van der Waals surface area contributed by atoms with Gasteiger partial charge in [-0.15, -0.1) is 11.3 Å². The average Bonchev–Trinajstić information content (AvgIpc) is 2.90. The van der Waals surface area contributed by atoms with Crippen molar-refractivity contribution in [1.29, 1.82) is 0 Å². The van der Waals surface area contributed by atoms with Gasteiger partial charge in [0.25, 0.3) is 5.91 Å². The van der Waals surface area contributed by atoms with E-state index in [1.165, 1.54) is 43.4 Å². The van der Waals surface area contributed by atoms with E-state index in [1.54, 1.807) is 10.9 Å². The number of nitrogens with zero attached hydrogens (tertiary/aromatic N) is 1. The van der Waals surface area contributed by atoms with Gasteiger partial charge in [-0.05, 0) is 24.7 Å². The van der Waals surface area contributed by atoms with Gasteiger partial charge in [0.15, 0.2) is 0 Å². The molecule has 0 atom stereocenters. The molecule has 1 heterocycles. The van der Waals surface area contributed by atoms with Crippen LogP contribution in [0.25, 0.3) is 0 Å². The first-order valence-electron chi connectivity index (χ1n) is 6.46. The van der Waals surface area contributed by atoms with Crippen LogP contribution in [-0.2, 0) is 0 Å². The molecule has 17 heavy (non-hydrogen) atoms. The summed E-state index contributed by atoms with van der Waals surface area (Å²) < 4.78 is 0. The van der Waals surface area contributed by atoms with Gasteiger partial charge in [0.05, 0.1) is 5.51 Å². The highest BCUT2D eigenvalue weighted by Gasteiger charge is 2.20. The molecule has 1 saturated carbocycles. The Morgan fingerprint density at radius 1 is 1.41 bits per heavy atom. The molecule has 1 N–H and O–H groups in total. The predicted octanol–water partition coefficient (Wildman–Crippen LogP) is 3.09. The number of hydrogen-bond acceptors (Lipinski definition) is 3. The second-order valence-corrected chi connectivity index (χ2v) is 5.60. The van der Waals surface area contributed by atoms with Crippen molar-refractivity contribution >= 4 is 17.2 Å². The molecular weight excluding hydrogens is 232 g/mol. The Balaban J connectivity index is 1.71. The second-order valence-electron chi connectivity index (χ2n) is 4.88. The highest BCUT2D eigenvalue weighted by atomic mass is 32.1. The van der Waals surface area contributed by atoms with Gasteiger partial charge in [0, 0.05) is 11.9 Å². The average molecular weight is 252 g/mol. The van der Waals surface area contributed by atoms with Crippen molar-refractivity contribution in [3.8, 4) is 0 Å². The van der Waals surface area contributed by atoms with E-state index in [2.05, 4.69) is 17.2 Å². The number of carbonyl (C=O) groups excluding carboxylic acids is 1. The Morgan fingerprint density at radius 3 is 2.71 bits per heavy atom. The third kappa shape index (κ3) is 3.53. The van der Waals surface area contributed by atoms with Crippen LogP contribution in [0.2, 0.25) is 0 Å². The van der Waals surface area contributed by atoms with Gasteiger partial charge in [0.2, 0.25) is 0 Å². The fraction of sp³-hybridized carbons (Fsp3) is 0.692. The molecule has 0 unspecified atom stereocenters. The lowest BCUT2D eigenvalue weighted by Crippen LogP contribution is -2.31. The van der Waals surface area contributed by atoms with Crippen molar-refractivity contribution in [3.63, 3.8) is 0 Å². The fourth-order valence-corrected chi connectivity index (χ4v) is 3.03. The van der Waals surface area contributed by atoms with Crippen LogP contribution >= 0.6 is 11.3 Å². The maximum atomic E-state index is 11.7. The van der Waals surface area contributed by atoms with Crippen LogP contribution in [0.5, 0.6) is 0 Å². The molecular formula is C13H20N2OS. The minimum atomic E-state index is -0.0242. The molecule has 1 aliphatic carbocycles. The van der Waals surface area contributed by atoms with Crippen LogP contribution in [-0.4, -0.2) is 17.4 Å². The van der Waals surface area contributed by atoms with E-state index in [-0.39, 0.29) is 5.91 Å². The van der Waals surface area contributed by atoms with Crippen molar-refractivity contribution in [2.45, 2.75) is 39.0 Å². The highest BCUT2D eigenvalue weighted by molar-refractivity contribution is 7.07. The van der Waals surface area contributed by atoms with Gasteiger partial charge in [-0.2, -0.15) is 0 Å². The lowest BCUT2D eigenvalue weighted by Gasteiger charge is -2.27. The Morgan fingerprint density at radius 2 is 2.12 bits per heavy atom. The van der Waals surface area contributed by atoms with Crippen LogP contribution in [0.4, 0.5) is 0 Å². The molecule has 0 aliphatic heterocycles. The zero-order valence-electron chi connectivity index (χ0n) is 10.3. The summed E-state index contributed by atoms with van der Waals surface area (Å²) in [6, 6.07) is 0. The summed E-state index contributed by atoms with van der Waals surface area (Å²) in [4.78, 5) is 15.7. The van der Waals surface area contributed by atoms with Crippen molar-refractivity contribution < 1.29 is 4.79 Å². The van der Waals surface area contributed by atoms with Crippen molar-refractivity contribution in [3.05, 3.63) is 16.6 Å². The van der Waals surface area contributed by atoms with Gasteiger partial charge in [-0.3, -0.25) is 4.79 Å². The minimum absolute atomic E-state index is 0.0242. The fourth-order valence-electron chi connectivity index (χ4n) is 2.50. The highest BCUT2D eigenvalue weighted by Crippen LogP contribution is 2.30.